The second-order valence-corrected chi connectivity index (χ2v) is 6.61. The Morgan fingerprint density at radius 1 is 1.15 bits per heavy atom. The molecule has 3 rings (SSSR count). The summed E-state index contributed by atoms with van der Waals surface area (Å²) in [6.45, 7) is 1.54. The highest BCUT2D eigenvalue weighted by atomic mass is 79.9. The number of hydrogen-bond donors (Lipinski definition) is 2. The Hall–Kier alpha value is -3.00. The van der Waals surface area contributed by atoms with E-state index < -0.39 is 17.7 Å². The Morgan fingerprint density at radius 2 is 1.77 bits per heavy atom. The maximum absolute atomic E-state index is 12.3. The van der Waals surface area contributed by atoms with Crippen LogP contribution in [0.1, 0.15) is 38.0 Å². The first-order valence-corrected chi connectivity index (χ1v) is 8.45. The number of phenolic OH excluding ortho intramolecular Hbond substituents is 1. The molecule has 7 nitrogen and oxygen atoms in total. The summed E-state index contributed by atoms with van der Waals surface area (Å²) in [4.78, 5) is 37.8. The Labute approximate surface area is 157 Å². The van der Waals surface area contributed by atoms with Crippen molar-refractivity contribution in [3.63, 3.8) is 0 Å². The minimum atomic E-state index is -0.606. The first-order valence-electron chi connectivity index (χ1n) is 7.65. The van der Waals surface area contributed by atoms with Gasteiger partial charge >= 0.3 is 0 Å². The second kappa shape index (κ2) is 7.09. The van der Waals surface area contributed by atoms with Gasteiger partial charge in [0, 0.05) is 4.47 Å². The fraction of sp³-hybridized carbons (Fsp3) is 0.111. The maximum Gasteiger partial charge on any atom is 0.275 e. The number of hydrogen-bond acceptors (Lipinski definition) is 5. The zero-order chi connectivity index (χ0) is 18.8. The number of benzene rings is 2. The number of nitrogens with one attached hydrogen (secondary N) is 1. The van der Waals surface area contributed by atoms with Gasteiger partial charge in [-0.2, -0.15) is 5.10 Å². The summed E-state index contributed by atoms with van der Waals surface area (Å²) in [6, 6.07) is 11.0. The molecule has 132 valence electrons. The highest BCUT2D eigenvalue weighted by Gasteiger charge is 2.35. The molecule has 2 aromatic carbocycles. The molecule has 0 saturated carbocycles. The highest BCUT2D eigenvalue weighted by molar-refractivity contribution is 9.10. The molecule has 8 heteroatoms. The average Bonchev–Trinajstić information content (AvgIpc) is 2.87. The standard InChI is InChI=1S/C18H14BrN3O4/c1-10(20-21-16(24)14-8-11(19)6-7-15(14)23)9-22-17(25)12-4-2-3-5-13(12)18(22)26/h2-8,23H,9H2,1H3,(H,21,24). The van der Waals surface area contributed by atoms with Gasteiger partial charge in [-0.15, -0.1) is 0 Å². The molecule has 0 fully saturated rings. The number of fused-ring (bicyclic) bond motifs is 1. The number of rotatable bonds is 4. The lowest BCUT2D eigenvalue weighted by Gasteiger charge is -2.13. The van der Waals surface area contributed by atoms with E-state index in [0.29, 0.717) is 21.3 Å². The van der Waals surface area contributed by atoms with Crippen molar-refractivity contribution in [3.8, 4) is 5.75 Å². The minimum Gasteiger partial charge on any atom is -0.507 e. The number of phenols is 1. The third-order valence-corrected chi connectivity index (χ3v) is 4.31. The summed E-state index contributed by atoms with van der Waals surface area (Å²) in [7, 11) is 0. The van der Waals surface area contributed by atoms with Crippen LogP contribution in [0.4, 0.5) is 0 Å². The number of halogens is 1. The normalized spacial score (nSPS) is 13.8. The maximum atomic E-state index is 12.3. The predicted molar refractivity (Wildman–Crippen MR) is 98.2 cm³/mol. The monoisotopic (exact) mass is 415 g/mol. The average molecular weight is 416 g/mol. The zero-order valence-electron chi connectivity index (χ0n) is 13.7. The van der Waals surface area contributed by atoms with E-state index in [-0.39, 0.29) is 17.9 Å². The molecule has 3 amide bonds. The molecule has 0 atom stereocenters. The Morgan fingerprint density at radius 3 is 2.38 bits per heavy atom. The summed E-state index contributed by atoms with van der Waals surface area (Å²) in [5.74, 6) is -1.57. The van der Waals surface area contributed by atoms with E-state index in [1.807, 2.05) is 0 Å². The molecule has 26 heavy (non-hydrogen) atoms. The van der Waals surface area contributed by atoms with E-state index in [1.165, 1.54) is 12.1 Å². The third kappa shape index (κ3) is 3.36. The van der Waals surface area contributed by atoms with Gasteiger partial charge in [0.2, 0.25) is 0 Å². The summed E-state index contributed by atoms with van der Waals surface area (Å²) in [5.41, 5.74) is 3.44. The molecule has 0 bridgehead atoms. The van der Waals surface area contributed by atoms with Crippen molar-refractivity contribution >= 4 is 39.4 Å². The number of hydrazone groups is 1. The molecule has 0 spiro atoms. The van der Waals surface area contributed by atoms with Gasteiger partial charge in [0.1, 0.15) is 5.75 Å². The number of aromatic hydroxyl groups is 1. The van der Waals surface area contributed by atoms with Gasteiger partial charge in [0.25, 0.3) is 17.7 Å². The Bertz CT molecular complexity index is 920. The number of imide groups is 1. The fourth-order valence-electron chi connectivity index (χ4n) is 2.54. The quantitative estimate of drug-likeness (QED) is 0.455. The molecule has 0 unspecified atom stereocenters. The van der Waals surface area contributed by atoms with Gasteiger partial charge in [-0.05, 0) is 37.3 Å². The molecule has 0 saturated heterocycles. The zero-order valence-corrected chi connectivity index (χ0v) is 15.3. The number of amides is 3. The smallest absolute Gasteiger partial charge is 0.275 e. The molecule has 2 aromatic rings. The molecule has 2 N–H and O–H groups in total. The van der Waals surface area contributed by atoms with Gasteiger partial charge in [0.05, 0.1) is 28.9 Å². The van der Waals surface area contributed by atoms with Crippen molar-refractivity contribution in [1.29, 1.82) is 0 Å². The number of carbonyl (C=O) groups is 3. The lowest BCUT2D eigenvalue weighted by atomic mass is 10.1. The van der Waals surface area contributed by atoms with Crippen LogP contribution in [0.2, 0.25) is 0 Å². The number of nitrogens with zero attached hydrogens (tertiary/aromatic N) is 2. The molecule has 1 aliphatic rings. The van der Waals surface area contributed by atoms with E-state index in [2.05, 4.69) is 26.5 Å². The fourth-order valence-corrected chi connectivity index (χ4v) is 2.90. The summed E-state index contributed by atoms with van der Waals surface area (Å²) in [5, 5.41) is 13.7. The predicted octanol–water partition coefficient (Wildman–Crippen LogP) is 2.56. The van der Waals surface area contributed by atoms with Crippen molar-refractivity contribution in [2.45, 2.75) is 6.92 Å². The van der Waals surface area contributed by atoms with E-state index in [4.69, 9.17) is 0 Å². The van der Waals surface area contributed by atoms with Crippen LogP contribution in [-0.4, -0.2) is 40.0 Å². The molecule has 0 aliphatic carbocycles. The second-order valence-electron chi connectivity index (χ2n) is 5.69. The van der Waals surface area contributed by atoms with Crippen molar-refractivity contribution in [2.24, 2.45) is 5.10 Å². The molecular formula is C18H14BrN3O4. The van der Waals surface area contributed by atoms with E-state index in [0.717, 1.165) is 4.90 Å². The topological polar surface area (TPSA) is 99.1 Å². The largest absolute Gasteiger partial charge is 0.507 e. The summed E-state index contributed by atoms with van der Waals surface area (Å²) in [6.07, 6.45) is 0. The number of carbonyl (C=O) groups excluding carboxylic acids is 3. The molecule has 1 aliphatic heterocycles. The summed E-state index contributed by atoms with van der Waals surface area (Å²) < 4.78 is 0.632. The van der Waals surface area contributed by atoms with Crippen molar-refractivity contribution in [2.75, 3.05) is 6.54 Å². The SMILES string of the molecule is CC(CN1C(=O)c2ccccc2C1=O)=NNC(=O)c1cc(Br)ccc1O. The van der Waals surface area contributed by atoms with Crippen LogP contribution in [-0.2, 0) is 0 Å². The van der Waals surface area contributed by atoms with E-state index in [1.54, 1.807) is 37.3 Å². The van der Waals surface area contributed by atoms with Gasteiger partial charge in [-0.3, -0.25) is 19.3 Å². The van der Waals surface area contributed by atoms with Gasteiger partial charge in [-0.1, -0.05) is 28.1 Å². The van der Waals surface area contributed by atoms with Crippen LogP contribution in [0.5, 0.6) is 5.75 Å². The molecule has 0 aromatic heterocycles. The van der Waals surface area contributed by atoms with E-state index >= 15 is 0 Å². The van der Waals surface area contributed by atoms with Gasteiger partial charge in [-0.25, -0.2) is 5.43 Å². The lowest BCUT2D eigenvalue weighted by molar-refractivity contribution is 0.0677. The van der Waals surface area contributed by atoms with Crippen LogP contribution in [0.15, 0.2) is 52.0 Å². The lowest BCUT2D eigenvalue weighted by Crippen LogP contribution is -2.35. The van der Waals surface area contributed by atoms with Crippen molar-refractivity contribution in [1.82, 2.24) is 10.3 Å². The van der Waals surface area contributed by atoms with Gasteiger partial charge in [0.15, 0.2) is 0 Å². The first kappa shape index (κ1) is 17.8. The van der Waals surface area contributed by atoms with Crippen LogP contribution in [0, 0.1) is 0 Å². The Kier molecular flexibility index (Phi) is 4.85. The third-order valence-electron chi connectivity index (χ3n) is 3.82. The first-order chi connectivity index (χ1) is 12.4. The van der Waals surface area contributed by atoms with Crippen LogP contribution >= 0.6 is 15.9 Å². The van der Waals surface area contributed by atoms with Gasteiger partial charge < -0.3 is 5.11 Å². The van der Waals surface area contributed by atoms with E-state index in [9.17, 15) is 19.5 Å². The summed E-state index contributed by atoms with van der Waals surface area (Å²) >= 11 is 3.22. The van der Waals surface area contributed by atoms with Crippen LogP contribution in [0.25, 0.3) is 0 Å². The highest BCUT2D eigenvalue weighted by Crippen LogP contribution is 2.23. The molecular weight excluding hydrogens is 402 g/mol. The van der Waals surface area contributed by atoms with Crippen molar-refractivity contribution < 1.29 is 19.5 Å². The minimum absolute atomic E-state index is 0.0446. The van der Waals surface area contributed by atoms with Crippen LogP contribution < -0.4 is 5.43 Å². The van der Waals surface area contributed by atoms with Crippen LogP contribution in [0.3, 0.4) is 0 Å². The molecule has 1 heterocycles. The van der Waals surface area contributed by atoms with Crippen molar-refractivity contribution in [3.05, 3.63) is 63.6 Å². The Balaban J connectivity index is 1.70. The molecule has 0 radical (unpaired) electrons.